The number of carbonyl (C=O) groups is 1. The summed E-state index contributed by atoms with van der Waals surface area (Å²) in [6, 6.07) is 0.0613. The molecule has 2 N–H and O–H groups in total. The van der Waals surface area contributed by atoms with E-state index < -0.39 is 0 Å². The van der Waals surface area contributed by atoms with Crippen molar-refractivity contribution in [2.75, 3.05) is 12.5 Å². The molecule has 1 atom stereocenters. The van der Waals surface area contributed by atoms with Crippen molar-refractivity contribution in [3.05, 3.63) is 0 Å². The predicted molar refractivity (Wildman–Crippen MR) is 44.6 cm³/mol. The smallest absolute Gasteiger partial charge is 0.235 e. The first-order chi connectivity index (χ1) is 5.24. The van der Waals surface area contributed by atoms with Crippen molar-refractivity contribution in [2.45, 2.75) is 25.8 Å². The highest BCUT2D eigenvalue weighted by molar-refractivity contribution is 6.27. The van der Waals surface area contributed by atoms with Gasteiger partial charge in [-0.25, -0.2) is 0 Å². The van der Waals surface area contributed by atoms with Gasteiger partial charge < -0.3 is 10.4 Å². The number of hydrogen-bond acceptors (Lipinski definition) is 2. The summed E-state index contributed by atoms with van der Waals surface area (Å²) < 4.78 is 0. The summed E-state index contributed by atoms with van der Waals surface area (Å²) in [6.45, 7) is 2.05. The van der Waals surface area contributed by atoms with Crippen molar-refractivity contribution < 1.29 is 9.90 Å². The first kappa shape index (κ1) is 10.7. The second-order valence-electron chi connectivity index (χ2n) is 2.32. The minimum atomic E-state index is -0.174. The van der Waals surface area contributed by atoms with Crippen LogP contribution in [-0.4, -0.2) is 29.5 Å². The minimum Gasteiger partial charge on any atom is -0.396 e. The lowest BCUT2D eigenvalue weighted by Gasteiger charge is -2.14. The summed E-state index contributed by atoms with van der Waals surface area (Å²) >= 11 is 5.28. The SMILES string of the molecule is CCC(CCO)NC(=O)CCl. The van der Waals surface area contributed by atoms with E-state index in [4.69, 9.17) is 16.7 Å². The van der Waals surface area contributed by atoms with Crippen molar-refractivity contribution >= 4 is 17.5 Å². The second kappa shape index (κ2) is 6.43. The molecule has 0 spiro atoms. The largest absolute Gasteiger partial charge is 0.396 e. The molecule has 0 heterocycles. The van der Waals surface area contributed by atoms with Crippen LogP contribution in [0.2, 0.25) is 0 Å². The van der Waals surface area contributed by atoms with E-state index in [1.54, 1.807) is 0 Å². The molecule has 1 amide bonds. The zero-order chi connectivity index (χ0) is 8.69. The minimum absolute atomic E-state index is 0.0120. The van der Waals surface area contributed by atoms with Gasteiger partial charge in [-0.05, 0) is 12.8 Å². The third-order valence-electron chi connectivity index (χ3n) is 1.46. The van der Waals surface area contributed by atoms with Gasteiger partial charge in [0.2, 0.25) is 5.91 Å². The Bertz CT molecular complexity index is 119. The van der Waals surface area contributed by atoms with Crippen LogP contribution < -0.4 is 5.32 Å². The molecule has 3 nitrogen and oxygen atoms in total. The average molecular weight is 180 g/mol. The number of rotatable bonds is 5. The Balaban J connectivity index is 3.58. The lowest BCUT2D eigenvalue weighted by molar-refractivity contribution is -0.119. The van der Waals surface area contributed by atoms with Gasteiger partial charge in [0.05, 0.1) is 0 Å². The molecule has 1 unspecified atom stereocenters. The summed E-state index contributed by atoms with van der Waals surface area (Å²) in [6.07, 6.45) is 1.42. The molecule has 0 aromatic heterocycles. The molecule has 0 aliphatic carbocycles. The highest BCUT2D eigenvalue weighted by Crippen LogP contribution is 1.96. The maximum atomic E-state index is 10.7. The molecule has 0 radical (unpaired) electrons. The Labute approximate surface area is 71.7 Å². The summed E-state index contributed by atoms with van der Waals surface area (Å²) in [5.41, 5.74) is 0. The van der Waals surface area contributed by atoms with Crippen LogP contribution in [0.5, 0.6) is 0 Å². The normalized spacial score (nSPS) is 12.6. The van der Waals surface area contributed by atoms with E-state index in [9.17, 15) is 4.79 Å². The maximum Gasteiger partial charge on any atom is 0.235 e. The van der Waals surface area contributed by atoms with Gasteiger partial charge in [0.25, 0.3) is 0 Å². The Kier molecular flexibility index (Phi) is 6.27. The fraction of sp³-hybridized carbons (Fsp3) is 0.857. The quantitative estimate of drug-likeness (QED) is 0.604. The molecule has 0 fully saturated rings. The molecule has 0 rings (SSSR count). The number of aliphatic hydroxyl groups excluding tert-OH is 1. The van der Waals surface area contributed by atoms with Crippen molar-refractivity contribution in [1.29, 1.82) is 0 Å². The fourth-order valence-electron chi connectivity index (χ4n) is 0.800. The van der Waals surface area contributed by atoms with Crippen molar-refractivity contribution in [3.63, 3.8) is 0 Å². The van der Waals surface area contributed by atoms with Gasteiger partial charge in [-0.2, -0.15) is 0 Å². The zero-order valence-electron chi connectivity index (χ0n) is 6.64. The number of halogens is 1. The molecule has 4 heteroatoms. The zero-order valence-corrected chi connectivity index (χ0v) is 7.40. The van der Waals surface area contributed by atoms with E-state index in [1.165, 1.54) is 0 Å². The molecule has 0 saturated carbocycles. The van der Waals surface area contributed by atoms with Crippen LogP contribution in [0.3, 0.4) is 0 Å². The lowest BCUT2D eigenvalue weighted by Crippen LogP contribution is -2.35. The number of aliphatic hydroxyl groups is 1. The van der Waals surface area contributed by atoms with Crippen LogP contribution in [-0.2, 0) is 4.79 Å². The molecule has 0 saturated heterocycles. The van der Waals surface area contributed by atoms with Gasteiger partial charge in [-0.1, -0.05) is 6.92 Å². The Morgan fingerprint density at radius 3 is 2.73 bits per heavy atom. The van der Waals surface area contributed by atoms with E-state index in [-0.39, 0.29) is 24.4 Å². The topological polar surface area (TPSA) is 49.3 Å². The van der Waals surface area contributed by atoms with Gasteiger partial charge in [0.15, 0.2) is 0 Å². The molecule has 11 heavy (non-hydrogen) atoms. The molecule has 0 aliphatic rings. The highest BCUT2D eigenvalue weighted by Gasteiger charge is 2.07. The summed E-state index contributed by atoms with van der Waals surface area (Å²) in [5.74, 6) is -0.186. The first-order valence-corrected chi connectivity index (χ1v) is 4.24. The maximum absolute atomic E-state index is 10.7. The Morgan fingerprint density at radius 2 is 2.36 bits per heavy atom. The van der Waals surface area contributed by atoms with Crippen molar-refractivity contribution in [3.8, 4) is 0 Å². The number of hydrogen-bond donors (Lipinski definition) is 2. The Hall–Kier alpha value is -0.280. The van der Waals surface area contributed by atoms with Gasteiger partial charge in [0, 0.05) is 12.6 Å². The second-order valence-corrected chi connectivity index (χ2v) is 2.59. The van der Waals surface area contributed by atoms with Crippen molar-refractivity contribution in [2.24, 2.45) is 0 Å². The van der Waals surface area contributed by atoms with Crippen LogP contribution in [0.1, 0.15) is 19.8 Å². The number of amides is 1. The molecule has 0 aromatic rings. The fourth-order valence-corrected chi connectivity index (χ4v) is 0.878. The van der Waals surface area contributed by atoms with E-state index in [1.807, 2.05) is 6.92 Å². The molecule has 0 bridgehead atoms. The average Bonchev–Trinajstić information content (AvgIpc) is 2.03. The number of nitrogens with one attached hydrogen (secondary N) is 1. The van der Waals surface area contributed by atoms with Gasteiger partial charge in [0.1, 0.15) is 5.88 Å². The number of carbonyl (C=O) groups excluding carboxylic acids is 1. The van der Waals surface area contributed by atoms with E-state index >= 15 is 0 Å². The molecule has 0 aromatic carbocycles. The molecular formula is C7H14ClNO2. The summed E-state index contributed by atoms with van der Waals surface area (Å²) in [7, 11) is 0. The summed E-state index contributed by atoms with van der Waals surface area (Å²) in [4.78, 5) is 10.7. The monoisotopic (exact) mass is 179 g/mol. The van der Waals surface area contributed by atoms with Gasteiger partial charge in [-0.15, -0.1) is 11.6 Å². The lowest BCUT2D eigenvalue weighted by atomic mass is 10.1. The van der Waals surface area contributed by atoms with Crippen LogP contribution in [0.25, 0.3) is 0 Å². The Morgan fingerprint density at radius 1 is 1.73 bits per heavy atom. The first-order valence-electron chi connectivity index (χ1n) is 3.70. The van der Waals surface area contributed by atoms with E-state index in [0.717, 1.165) is 6.42 Å². The standard InChI is InChI=1S/C7H14ClNO2/c1-2-6(3-4-10)9-7(11)5-8/h6,10H,2-5H2,1H3,(H,9,11). The molecule has 66 valence electrons. The highest BCUT2D eigenvalue weighted by atomic mass is 35.5. The van der Waals surface area contributed by atoms with Crippen LogP contribution in [0.4, 0.5) is 0 Å². The third kappa shape index (κ3) is 5.04. The predicted octanol–water partition coefficient (Wildman–Crippen LogP) is 0.502. The van der Waals surface area contributed by atoms with Gasteiger partial charge in [-0.3, -0.25) is 4.79 Å². The third-order valence-corrected chi connectivity index (χ3v) is 1.70. The van der Waals surface area contributed by atoms with E-state index in [2.05, 4.69) is 5.32 Å². The van der Waals surface area contributed by atoms with Crippen LogP contribution in [0, 0.1) is 0 Å². The van der Waals surface area contributed by atoms with Crippen LogP contribution >= 0.6 is 11.6 Å². The van der Waals surface area contributed by atoms with Crippen LogP contribution in [0.15, 0.2) is 0 Å². The molecule has 0 aliphatic heterocycles. The number of alkyl halides is 1. The van der Waals surface area contributed by atoms with E-state index in [0.29, 0.717) is 6.42 Å². The van der Waals surface area contributed by atoms with Gasteiger partial charge >= 0.3 is 0 Å². The van der Waals surface area contributed by atoms with Crippen molar-refractivity contribution in [1.82, 2.24) is 5.32 Å². The molecular weight excluding hydrogens is 166 g/mol. The summed E-state index contributed by atoms with van der Waals surface area (Å²) in [5, 5.41) is 11.3.